The lowest BCUT2D eigenvalue weighted by Crippen LogP contribution is -1.98. The maximum absolute atomic E-state index is 13.7. The Labute approximate surface area is 142 Å². The number of nitriles is 1. The Morgan fingerprint density at radius 3 is 2.78 bits per heavy atom. The predicted octanol–water partition coefficient (Wildman–Crippen LogP) is 4.83. The molecule has 0 amide bonds. The van der Waals surface area contributed by atoms with Gasteiger partial charge in [-0.1, -0.05) is 23.7 Å². The molecule has 0 saturated carbocycles. The van der Waals surface area contributed by atoms with Crippen molar-refractivity contribution in [3.63, 3.8) is 0 Å². The highest BCUT2D eigenvalue weighted by atomic mass is 35.5. The van der Waals surface area contributed by atoms with Gasteiger partial charge in [-0.05, 0) is 36.4 Å². The van der Waals surface area contributed by atoms with Crippen LogP contribution in [0.25, 0.3) is 5.69 Å². The van der Waals surface area contributed by atoms with Crippen LogP contribution in [0.15, 0.2) is 59.6 Å². The average Bonchev–Trinajstić information content (AvgIpc) is 3.02. The van der Waals surface area contributed by atoms with Crippen molar-refractivity contribution in [1.82, 2.24) is 9.78 Å². The fraction of sp³-hybridized carbons (Fsp3) is 0.0588. The minimum atomic E-state index is -0.315. The van der Waals surface area contributed by atoms with E-state index in [0.717, 1.165) is 10.6 Å². The SMILES string of the molecule is N#Cc1ccc(SCc2ccn(-c3ccccc3F)n2)c(Cl)c1. The van der Waals surface area contributed by atoms with Gasteiger partial charge in [0, 0.05) is 16.8 Å². The van der Waals surface area contributed by atoms with E-state index in [9.17, 15) is 4.39 Å². The first-order chi connectivity index (χ1) is 11.2. The smallest absolute Gasteiger partial charge is 0.148 e. The van der Waals surface area contributed by atoms with E-state index in [2.05, 4.69) is 11.2 Å². The molecular formula is C17H11ClFN3S. The molecule has 0 fully saturated rings. The number of rotatable bonds is 4. The Bertz CT molecular complexity index is 886. The van der Waals surface area contributed by atoms with Crippen molar-refractivity contribution in [1.29, 1.82) is 5.26 Å². The van der Waals surface area contributed by atoms with Crippen LogP contribution in [0.2, 0.25) is 5.02 Å². The second-order valence-corrected chi connectivity index (χ2v) is 6.17. The molecule has 1 heterocycles. The van der Waals surface area contributed by atoms with E-state index >= 15 is 0 Å². The predicted molar refractivity (Wildman–Crippen MR) is 89.2 cm³/mol. The van der Waals surface area contributed by atoms with Crippen molar-refractivity contribution >= 4 is 23.4 Å². The molecule has 0 spiro atoms. The molecular weight excluding hydrogens is 333 g/mol. The summed E-state index contributed by atoms with van der Waals surface area (Å²) in [7, 11) is 0. The zero-order valence-corrected chi connectivity index (χ0v) is 13.5. The molecule has 6 heteroatoms. The first kappa shape index (κ1) is 15.6. The highest BCUT2D eigenvalue weighted by molar-refractivity contribution is 7.98. The largest absolute Gasteiger partial charge is 0.238 e. The van der Waals surface area contributed by atoms with Crippen LogP contribution in [-0.2, 0) is 5.75 Å². The molecule has 3 rings (SSSR count). The Balaban J connectivity index is 1.73. The van der Waals surface area contributed by atoms with E-state index in [1.807, 2.05) is 12.1 Å². The molecule has 0 saturated heterocycles. The topological polar surface area (TPSA) is 41.6 Å². The summed E-state index contributed by atoms with van der Waals surface area (Å²) in [5.74, 6) is 0.289. The van der Waals surface area contributed by atoms with E-state index in [0.29, 0.717) is 22.0 Å². The average molecular weight is 344 g/mol. The van der Waals surface area contributed by atoms with E-state index in [1.54, 1.807) is 36.5 Å². The quantitative estimate of drug-likeness (QED) is 0.637. The number of nitrogens with zero attached hydrogens (tertiary/aromatic N) is 3. The molecule has 3 nitrogen and oxygen atoms in total. The summed E-state index contributed by atoms with van der Waals surface area (Å²) in [6.07, 6.45) is 1.73. The standard InChI is InChI=1S/C17H11ClFN3S/c18-14-9-12(10-20)5-6-17(14)23-11-13-7-8-22(21-13)16-4-2-1-3-15(16)19/h1-9H,11H2. The van der Waals surface area contributed by atoms with Crippen LogP contribution in [0.3, 0.4) is 0 Å². The molecule has 0 atom stereocenters. The number of thioether (sulfide) groups is 1. The van der Waals surface area contributed by atoms with E-state index in [-0.39, 0.29) is 5.82 Å². The normalized spacial score (nSPS) is 10.5. The van der Waals surface area contributed by atoms with Crippen LogP contribution in [0.4, 0.5) is 4.39 Å². The van der Waals surface area contributed by atoms with Gasteiger partial charge in [0.25, 0.3) is 0 Å². The summed E-state index contributed by atoms with van der Waals surface area (Å²) in [5, 5.41) is 13.8. The van der Waals surface area contributed by atoms with Crippen LogP contribution < -0.4 is 0 Å². The van der Waals surface area contributed by atoms with Crippen molar-refractivity contribution in [3.05, 3.63) is 76.8 Å². The Morgan fingerprint density at radius 2 is 2.04 bits per heavy atom. The number of hydrogen-bond donors (Lipinski definition) is 0. The zero-order valence-electron chi connectivity index (χ0n) is 11.9. The third-order valence-electron chi connectivity index (χ3n) is 3.18. The van der Waals surface area contributed by atoms with E-state index in [4.69, 9.17) is 16.9 Å². The van der Waals surface area contributed by atoms with Crippen LogP contribution in [0.1, 0.15) is 11.3 Å². The minimum absolute atomic E-state index is 0.315. The first-order valence-corrected chi connectivity index (χ1v) is 8.15. The Morgan fingerprint density at radius 1 is 1.22 bits per heavy atom. The van der Waals surface area contributed by atoms with Gasteiger partial charge in [0.1, 0.15) is 11.5 Å². The minimum Gasteiger partial charge on any atom is -0.238 e. The molecule has 0 aliphatic rings. The number of halogens is 2. The number of aromatic nitrogens is 2. The summed E-state index contributed by atoms with van der Waals surface area (Å²) >= 11 is 7.67. The molecule has 114 valence electrons. The van der Waals surface area contributed by atoms with Gasteiger partial charge < -0.3 is 0 Å². The lowest BCUT2D eigenvalue weighted by atomic mass is 10.2. The molecule has 1 aromatic heterocycles. The molecule has 3 aromatic rings. The second kappa shape index (κ2) is 6.86. The molecule has 0 radical (unpaired) electrons. The van der Waals surface area contributed by atoms with Gasteiger partial charge >= 0.3 is 0 Å². The molecule has 0 aliphatic carbocycles. The van der Waals surface area contributed by atoms with Gasteiger partial charge in [-0.3, -0.25) is 0 Å². The number of benzene rings is 2. The molecule has 0 unspecified atom stereocenters. The van der Waals surface area contributed by atoms with E-state index in [1.165, 1.54) is 22.5 Å². The van der Waals surface area contributed by atoms with Crippen molar-refractivity contribution in [2.24, 2.45) is 0 Å². The highest BCUT2D eigenvalue weighted by Gasteiger charge is 2.08. The fourth-order valence-corrected chi connectivity index (χ4v) is 3.21. The van der Waals surface area contributed by atoms with Crippen LogP contribution >= 0.6 is 23.4 Å². The fourth-order valence-electron chi connectivity index (χ4n) is 2.05. The third-order valence-corrected chi connectivity index (χ3v) is 4.71. The zero-order chi connectivity index (χ0) is 16.2. The first-order valence-electron chi connectivity index (χ1n) is 6.79. The van der Waals surface area contributed by atoms with Crippen molar-refractivity contribution in [2.45, 2.75) is 10.6 Å². The van der Waals surface area contributed by atoms with Gasteiger partial charge in [0.15, 0.2) is 0 Å². The van der Waals surface area contributed by atoms with Crippen molar-refractivity contribution in [3.8, 4) is 11.8 Å². The Kier molecular flexibility index (Phi) is 4.65. The summed E-state index contributed by atoms with van der Waals surface area (Å²) < 4.78 is 15.3. The maximum atomic E-state index is 13.7. The molecule has 0 aliphatic heterocycles. The summed E-state index contributed by atoms with van der Waals surface area (Å²) in [5.41, 5.74) is 1.77. The van der Waals surface area contributed by atoms with Crippen molar-refractivity contribution < 1.29 is 4.39 Å². The van der Waals surface area contributed by atoms with Gasteiger partial charge in [-0.25, -0.2) is 9.07 Å². The van der Waals surface area contributed by atoms with Crippen LogP contribution in [0, 0.1) is 17.1 Å². The van der Waals surface area contributed by atoms with Gasteiger partial charge in [0.2, 0.25) is 0 Å². The number of para-hydroxylation sites is 1. The molecule has 23 heavy (non-hydrogen) atoms. The van der Waals surface area contributed by atoms with Gasteiger partial charge in [-0.15, -0.1) is 11.8 Å². The molecule has 2 aromatic carbocycles. The summed E-state index contributed by atoms with van der Waals surface area (Å²) in [4.78, 5) is 0.881. The Hall–Kier alpha value is -2.29. The summed E-state index contributed by atoms with van der Waals surface area (Å²) in [6, 6.07) is 15.6. The van der Waals surface area contributed by atoms with Crippen LogP contribution in [-0.4, -0.2) is 9.78 Å². The summed E-state index contributed by atoms with van der Waals surface area (Å²) in [6.45, 7) is 0. The van der Waals surface area contributed by atoms with Gasteiger partial charge in [-0.2, -0.15) is 10.4 Å². The molecule has 0 N–H and O–H groups in total. The maximum Gasteiger partial charge on any atom is 0.148 e. The third kappa shape index (κ3) is 3.55. The van der Waals surface area contributed by atoms with Crippen molar-refractivity contribution in [2.75, 3.05) is 0 Å². The molecule has 0 bridgehead atoms. The van der Waals surface area contributed by atoms with Crippen LogP contribution in [0.5, 0.6) is 0 Å². The highest BCUT2D eigenvalue weighted by Crippen LogP contribution is 2.30. The lowest BCUT2D eigenvalue weighted by Gasteiger charge is -2.04. The van der Waals surface area contributed by atoms with Gasteiger partial charge in [0.05, 0.1) is 22.3 Å². The second-order valence-electron chi connectivity index (χ2n) is 4.75. The lowest BCUT2D eigenvalue weighted by molar-refractivity contribution is 0.610. The van der Waals surface area contributed by atoms with E-state index < -0.39 is 0 Å². The number of hydrogen-bond acceptors (Lipinski definition) is 3. The monoisotopic (exact) mass is 343 g/mol.